The molecule has 0 aliphatic carbocycles. The van der Waals surface area contributed by atoms with Crippen LogP contribution in [0.5, 0.6) is 0 Å². The lowest BCUT2D eigenvalue weighted by Gasteiger charge is -2.31. The quantitative estimate of drug-likeness (QED) is 0.664. The molecule has 7 nitrogen and oxygen atoms in total. The molecule has 1 aromatic rings. The molecule has 19 heavy (non-hydrogen) atoms. The lowest BCUT2D eigenvalue weighted by Crippen LogP contribution is -2.44. The molecule has 1 saturated heterocycles. The van der Waals surface area contributed by atoms with Gasteiger partial charge in [-0.15, -0.1) is 0 Å². The molecule has 106 valence electrons. The Balaban J connectivity index is 2.53. The minimum absolute atomic E-state index is 0.0261. The molecule has 1 aliphatic heterocycles. The van der Waals surface area contributed by atoms with Crippen molar-refractivity contribution in [3.63, 3.8) is 0 Å². The van der Waals surface area contributed by atoms with Crippen molar-refractivity contribution in [2.24, 2.45) is 7.05 Å². The molecule has 0 aromatic carbocycles. The molecule has 1 unspecified atom stereocenters. The van der Waals surface area contributed by atoms with Gasteiger partial charge < -0.3 is 15.7 Å². The number of nitrogens with two attached hydrogens (primary N) is 1. The number of rotatable bonds is 2. The zero-order chi connectivity index (χ0) is 14.0. The van der Waals surface area contributed by atoms with Gasteiger partial charge in [0.1, 0.15) is 11.5 Å². The van der Waals surface area contributed by atoms with E-state index in [1.54, 1.807) is 0 Å². The van der Waals surface area contributed by atoms with E-state index in [0.29, 0.717) is 12.2 Å². The van der Waals surface area contributed by atoms with Crippen molar-refractivity contribution in [1.29, 1.82) is 0 Å². The first-order valence-corrected chi connectivity index (χ1v) is 6.52. The van der Waals surface area contributed by atoms with E-state index in [1.165, 1.54) is 11.6 Å². The Morgan fingerprint density at radius 3 is 2.79 bits per heavy atom. The highest BCUT2D eigenvalue weighted by molar-refractivity contribution is 5.63. The van der Waals surface area contributed by atoms with Crippen LogP contribution in [0.2, 0.25) is 0 Å². The lowest BCUT2D eigenvalue weighted by atomic mass is 10.1. The monoisotopic (exact) mass is 268 g/mol. The molecule has 2 rings (SSSR count). The fourth-order valence-electron chi connectivity index (χ4n) is 2.56. The summed E-state index contributed by atoms with van der Waals surface area (Å²) in [6, 6.07) is -0.122. The van der Waals surface area contributed by atoms with Gasteiger partial charge in [-0.3, -0.25) is 14.3 Å². The number of aliphatic hydroxyl groups is 1. The molecule has 1 aromatic heterocycles. The second kappa shape index (κ2) is 5.48. The minimum Gasteiger partial charge on any atom is -0.394 e. The summed E-state index contributed by atoms with van der Waals surface area (Å²) >= 11 is 0. The highest BCUT2D eigenvalue weighted by Crippen LogP contribution is 2.24. The van der Waals surface area contributed by atoms with E-state index < -0.39 is 11.2 Å². The minimum atomic E-state index is -0.526. The fourth-order valence-corrected chi connectivity index (χ4v) is 2.56. The van der Waals surface area contributed by atoms with E-state index in [4.69, 9.17) is 5.73 Å². The molecule has 2 heterocycles. The predicted molar refractivity (Wildman–Crippen MR) is 73.4 cm³/mol. The summed E-state index contributed by atoms with van der Waals surface area (Å²) in [7, 11) is 1.52. The number of nitrogens with one attached hydrogen (secondary N) is 1. The van der Waals surface area contributed by atoms with Gasteiger partial charge in [-0.25, -0.2) is 4.79 Å². The summed E-state index contributed by atoms with van der Waals surface area (Å²) in [5.74, 6) is 0.147. The number of nitrogens with zero attached hydrogens (tertiary/aromatic N) is 2. The molecule has 0 radical (unpaired) electrons. The van der Waals surface area contributed by atoms with Crippen LogP contribution in [0, 0.1) is 0 Å². The SMILES string of the molecule is Cn1c(N)c(N2CCCCCC2CO)c(=O)[nH]c1=O. The summed E-state index contributed by atoms with van der Waals surface area (Å²) in [5, 5.41) is 9.49. The average Bonchev–Trinajstić information content (AvgIpc) is 2.61. The zero-order valence-electron chi connectivity index (χ0n) is 11.1. The first-order valence-electron chi connectivity index (χ1n) is 6.52. The van der Waals surface area contributed by atoms with Gasteiger partial charge in [0.05, 0.1) is 12.6 Å². The molecule has 1 fully saturated rings. The Kier molecular flexibility index (Phi) is 3.94. The summed E-state index contributed by atoms with van der Waals surface area (Å²) < 4.78 is 1.22. The van der Waals surface area contributed by atoms with Gasteiger partial charge in [0.15, 0.2) is 0 Å². The van der Waals surface area contributed by atoms with Crippen LogP contribution in [-0.2, 0) is 7.05 Å². The summed E-state index contributed by atoms with van der Waals surface area (Å²) in [4.78, 5) is 27.6. The number of aromatic nitrogens is 2. The molecule has 0 spiro atoms. The highest BCUT2D eigenvalue weighted by Gasteiger charge is 2.25. The van der Waals surface area contributed by atoms with Gasteiger partial charge in [0, 0.05) is 13.6 Å². The topological polar surface area (TPSA) is 104 Å². The first kappa shape index (κ1) is 13.7. The van der Waals surface area contributed by atoms with Crippen LogP contribution in [-0.4, -0.2) is 33.9 Å². The van der Waals surface area contributed by atoms with Crippen LogP contribution < -0.4 is 21.9 Å². The summed E-state index contributed by atoms with van der Waals surface area (Å²) in [6.45, 7) is 0.637. The third-order valence-corrected chi connectivity index (χ3v) is 3.72. The largest absolute Gasteiger partial charge is 0.394 e. The van der Waals surface area contributed by atoms with E-state index in [0.717, 1.165) is 25.7 Å². The van der Waals surface area contributed by atoms with Crippen LogP contribution >= 0.6 is 0 Å². The Hall–Kier alpha value is -1.76. The van der Waals surface area contributed by atoms with Gasteiger partial charge in [-0.1, -0.05) is 12.8 Å². The van der Waals surface area contributed by atoms with Gasteiger partial charge >= 0.3 is 5.69 Å². The standard InChI is InChI=1S/C12H20N4O3/c1-15-10(13)9(11(18)14-12(15)19)16-6-4-2-3-5-8(16)7-17/h8,17H,2-7,13H2,1H3,(H,14,18,19). The van der Waals surface area contributed by atoms with E-state index in [9.17, 15) is 14.7 Å². The molecule has 1 atom stereocenters. The normalized spacial score (nSPS) is 20.3. The number of hydrogen-bond donors (Lipinski definition) is 3. The molecule has 1 aliphatic rings. The summed E-state index contributed by atoms with van der Waals surface area (Å²) in [6.07, 6.45) is 3.85. The van der Waals surface area contributed by atoms with Gasteiger partial charge in [0.2, 0.25) is 0 Å². The van der Waals surface area contributed by atoms with Crippen LogP contribution in [0.15, 0.2) is 9.59 Å². The van der Waals surface area contributed by atoms with Gasteiger partial charge in [-0.05, 0) is 12.8 Å². The third kappa shape index (κ3) is 2.51. The van der Waals surface area contributed by atoms with Crippen molar-refractivity contribution in [1.82, 2.24) is 9.55 Å². The molecule has 4 N–H and O–H groups in total. The molecular weight excluding hydrogens is 248 g/mol. The lowest BCUT2D eigenvalue weighted by molar-refractivity contribution is 0.255. The molecule has 7 heteroatoms. The zero-order valence-corrected chi connectivity index (χ0v) is 11.1. The average molecular weight is 268 g/mol. The number of aromatic amines is 1. The molecule has 0 amide bonds. The van der Waals surface area contributed by atoms with Crippen molar-refractivity contribution < 1.29 is 5.11 Å². The number of aliphatic hydroxyl groups excluding tert-OH is 1. The van der Waals surface area contributed by atoms with Crippen LogP contribution in [0.1, 0.15) is 25.7 Å². The number of hydrogen-bond acceptors (Lipinski definition) is 5. The Bertz CT molecular complexity index is 563. The van der Waals surface area contributed by atoms with Crippen LogP contribution in [0.25, 0.3) is 0 Å². The smallest absolute Gasteiger partial charge is 0.329 e. The van der Waals surface area contributed by atoms with E-state index >= 15 is 0 Å². The van der Waals surface area contributed by atoms with Crippen molar-refractivity contribution in [3.8, 4) is 0 Å². The van der Waals surface area contributed by atoms with Gasteiger partial charge in [-0.2, -0.15) is 0 Å². The van der Waals surface area contributed by atoms with Crippen LogP contribution in [0.3, 0.4) is 0 Å². The van der Waals surface area contributed by atoms with Crippen molar-refractivity contribution in [2.45, 2.75) is 31.7 Å². The Morgan fingerprint density at radius 2 is 2.11 bits per heavy atom. The van der Waals surface area contributed by atoms with E-state index in [2.05, 4.69) is 4.98 Å². The Morgan fingerprint density at radius 1 is 1.37 bits per heavy atom. The number of anilines is 2. The van der Waals surface area contributed by atoms with Crippen LogP contribution in [0.4, 0.5) is 11.5 Å². The van der Waals surface area contributed by atoms with Crippen molar-refractivity contribution in [2.75, 3.05) is 23.8 Å². The van der Waals surface area contributed by atoms with Gasteiger partial charge in [0.25, 0.3) is 5.56 Å². The fraction of sp³-hybridized carbons (Fsp3) is 0.667. The number of nitrogen functional groups attached to an aromatic ring is 1. The Labute approximate surface area is 110 Å². The second-order valence-corrected chi connectivity index (χ2v) is 4.93. The molecule has 0 saturated carbocycles. The van der Waals surface area contributed by atoms with Crippen molar-refractivity contribution in [3.05, 3.63) is 20.8 Å². The maximum absolute atomic E-state index is 12.0. The van der Waals surface area contributed by atoms with Crippen molar-refractivity contribution >= 4 is 11.5 Å². The molecular formula is C12H20N4O3. The number of H-pyrrole nitrogens is 1. The van der Waals surface area contributed by atoms with E-state index in [1.807, 2.05) is 4.90 Å². The maximum atomic E-state index is 12.0. The first-order chi connectivity index (χ1) is 9.06. The highest BCUT2D eigenvalue weighted by atomic mass is 16.3. The summed E-state index contributed by atoms with van der Waals surface area (Å²) in [5.41, 5.74) is 5.19. The maximum Gasteiger partial charge on any atom is 0.329 e. The predicted octanol–water partition coefficient (Wildman–Crippen LogP) is -0.603. The molecule has 0 bridgehead atoms. The van der Waals surface area contributed by atoms with E-state index in [-0.39, 0.29) is 18.5 Å². The third-order valence-electron chi connectivity index (χ3n) is 3.72. The second-order valence-electron chi connectivity index (χ2n) is 4.93.